The van der Waals surface area contributed by atoms with Gasteiger partial charge in [0.1, 0.15) is 6.04 Å². The SMILES string of the molecule is CC(C)(S)[C@@H](NI)C(=O)O. The molecule has 0 heterocycles. The van der Waals surface area contributed by atoms with Gasteiger partial charge in [0.15, 0.2) is 0 Å². The molecule has 2 N–H and O–H groups in total. The van der Waals surface area contributed by atoms with Gasteiger partial charge in [-0.1, -0.05) is 0 Å². The van der Waals surface area contributed by atoms with E-state index in [4.69, 9.17) is 5.11 Å². The highest BCUT2D eigenvalue weighted by Gasteiger charge is 2.30. The van der Waals surface area contributed by atoms with Crippen LogP contribution in [0.1, 0.15) is 13.8 Å². The molecule has 1 atom stereocenters. The Balaban J connectivity index is 4.22. The van der Waals surface area contributed by atoms with Crippen molar-refractivity contribution in [2.45, 2.75) is 24.6 Å². The Morgan fingerprint density at radius 2 is 2.20 bits per heavy atom. The Labute approximate surface area is 79.5 Å². The molecule has 0 fully saturated rings. The topological polar surface area (TPSA) is 49.3 Å². The first-order chi connectivity index (χ1) is 4.39. The molecule has 0 bridgehead atoms. The second kappa shape index (κ2) is 3.77. The number of carboxylic acids is 1. The van der Waals surface area contributed by atoms with Gasteiger partial charge in [0, 0.05) is 27.6 Å². The average molecular weight is 275 g/mol. The van der Waals surface area contributed by atoms with Crippen molar-refractivity contribution in [2.75, 3.05) is 0 Å². The van der Waals surface area contributed by atoms with E-state index in [1.807, 2.05) is 22.9 Å². The highest BCUT2D eigenvalue weighted by atomic mass is 127. The second-order valence-electron chi connectivity index (χ2n) is 2.53. The molecule has 0 amide bonds. The number of carboxylic acid groups (broad SMARTS) is 1. The molecule has 0 aromatic heterocycles. The number of nitrogens with one attached hydrogen (secondary N) is 1. The lowest BCUT2D eigenvalue weighted by Gasteiger charge is -2.24. The highest BCUT2D eigenvalue weighted by Crippen LogP contribution is 2.18. The van der Waals surface area contributed by atoms with Crippen LogP contribution in [0.25, 0.3) is 0 Å². The summed E-state index contributed by atoms with van der Waals surface area (Å²) in [6, 6.07) is -0.614. The molecule has 60 valence electrons. The molecule has 5 heteroatoms. The fourth-order valence-electron chi connectivity index (χ4n) is 0.482. The second-order valence-corrected chi connectivity index (χ2v) is 4.31. The lowest BCUT2D eigenvalue weighted by molar-refractivity contribution is -0.139. The van der Waals surface area contributed by atoms with Crippen molar-refractivity contribution in [3.05, 3.63) is 0 Å². The monoisotopic (exact) mass is 275 g/mol. The molecule has 0 aliphatic rings. The summed E-state index contributed by atoms with van der Waals surface area (Å²) in [5.41, 5.74) is 0. The third-order valence-electron chi connectivity index (χ3n) is 1.06. The first kappa shape index (κ1) is 10.5. The molecule has 0 aliphatic carbocycles. The minimum atomic E-state index is -0.880. The fraction of sp³-hybridized carbons (Fsp3) is 0.800. The zero-order chi connectivity index (χ0) is 8.36. The van der Waals surface area contributed by atoms with E-state index in [2.05, 4.69) is 16.2 Å². The van der Waals surface area contributed by atoms with E-state index in [0.29, 0.717) is 0 Å². The minimum Gasteiger partial charge on any atom is -0.480 e. The predicted molar refractivity (Wildman–Crippen MR) is 51.6 cm³/mol. The van der Waals surface area contributed by atoms with Crippen LogP contribution in [-0.4, -0.2) is 21.9 Å². The standard InChI is InChI=1S/C5H10INO2S/c1-5(2,10)3(7-6)4(8)9/h3,7,10H,1-2H3,(H,8,9)/t3-/m0/s1. The molecule has 0 aromatic carbocycles. The summed E-state index contributed by atoms with van der Waals surface area (Å²) in [4.78, 5) is 10.5. The summed E-state index contributed by atoms with van der Waals surface area (Å²) in [5, 5.41) is 8.59. The van der Waals surface area contributed by atoms with Gasteiger partial charge in [0.05, 0.1) is 0 Å². The molecular weight excluding hydrogens is 265 g/mol. The van der Waals surface area contributed by atoms with Crippen molar-refractivity contribution in [3.63, 3.8) is 0 Å². The number of halogens is 1. The van der Waals surface area contributed by atoms with Crippen LogP contribution in [0.15, 0.2) is 0 Å². The Hall–Kier alpha value is 0.510. The van der Waals surface area contributed by atoms with Gasteiger partial charge in [0.25, 0.3) is 0 Å². The quantitative estimate of drug-likeness (QED) is 0.410. The van der Waals surface area contributed by atoms with Gasteiger partial charge < -0.3 is 5.11 Å². The van der Waals surface area contributed by atoms with Crippen molar-refractivity contribution in [2.24, 2.45) is 0 Å². The first-order valence-electron chi connectivity index (χ1n) is 2.71. The Kier molecular flexibility index (Phi) is 3.97. The van der Waals surface area contributed by atoms with Crippen molar-refractivity contribution < 1.29 is 9.90 Å². The summed E-state index contributed by atoms with van der Waals surface area (Å²) in [5.74, 6) is -0.880. The third-order valence-corrected chi connectivity index (χ3v) is 1.94. The summed E-state index contributed by atoms with van der Waals surface area (Å²) in [6.45, 7) is 3.50. The van der Waals surface area contributed by atoms with Gasteiger partial charge >= 0.3 is 5.97 Å². The van der Waals surface area contributed by atoms with Crippen LogP contribution in [0.4, 0.5) is 0 Å². The average Bonchev–Trinajstić information content (AvgIpc) is 1.60. The molecule has 0 rings (SSSR count). The van der Waals surface area contributed by atoms with Gasteiger partial charge in [-0.15, -0.1) is 0 Å². The van der Waals surface area contributed by atoms with Crippen LogP contribution in [0, 0.1) is 0 Å². The van der Waals surface area contributed by atoms with E-state index in [-0.39, 0.29) is 0 Å². The molecule has 0 saturated heterocycles. The molecule has 0 aliphatic heterocycles. The maximum Gasteiger partial charge on any atom is 0.322 e. The predicted octanol–water partition coefficient (Wildman–Crippen LogP) is 1.09. The van der Waals surface area contributed by atoms with Crippen molar-refractivity contribution >= 4 is 41.5 Å². The summed E-state index contributed by atoms with van der Waals surface area (Å²) < 4.78 is 2.10. The molecule has 0 unspecified atom stereocenters. The fourth-order valence-corrected chi connectivity index (χ4v) is 1.95. The van der Waals surface area contributed by atoms with Gasteiger partial charge in [0.2, 0.25) is 0 Å². The maximum absolute atomic E-state index is 10.5. The van der Waals surface area contributed by atoms with Gasteiger partial charge in [-0.25, -0.2) is 3.53 Å². The van der Waals surface area contributed by atoms with Crippen LogP contribution in [0.3, 0.4) is 0 Å². The van der Waals surface area contributed by atoms with E-state index < -0.39 is 16.8 Å². The van der Waals surface area contributed by atoms with Gasteiger partial charge in [-0.05, 0) is 13.8 Å². The van der Waals surface area contributed by atoms with Crippen LogP contribution >= 0.6 is 35.5 Å². The first-order valence-corrected chi connectivity index (χ1v) is 4.23. The number of rotatable bonds is 3. The summed E-state index contributed by atoms with van der Waals surface area (Å²) in [7, 11) is 0. The van der Waals surface area contributed by atoms with Gasteiger partial charge in [-0.3, -0.25) is 4.79 Å². The number of carbonyl (C=O) groups is 1. The normalized spacial score (nSPS) is 14.8. The molecular formula is C5H10INO2S. The minimum absolute atomic E-state index is 0.535. The lowest BCUT2D eigenvalue weighted by Crippen LogP contribution is -2.45. The van der Waals surface area contributed by atoms with E-state index in [1.165, 1.54) is 0 Å². The molecule has 0 spiro atoms. The van der Waals surface area contributed by atoms with Crippen LogP contribution < -0.4 is 3.53 Å². The Morgan fingerprint density at radius 3 is 2.20 bits per heavy atom. The van der Waals surface area contributed by atoms with Crippen LogP contribution in [0.2, 0.25) is 0 Å². The molecule has 0 radical (unpaired) electrons. The third kappa shape index (κ3) is 3.07. The smallest absolute Gasteiger partial charge is 0.322 e. The van der Waals surface area contributed by atoms with Crippen molar-refractivity contribution in [1.29, 1.82) is 0 Å². The van der Waals surface area contributed by atoms with Gasteiger partial charge in [-0.2, -0.15) is 12.6 Å². The number of thiol groups is 1. The van der Waals surface area contributed by atoms with Crippen molar-refractivity contribution in [3.8, 4) is 0 Å². The number of hydrogen-bond acceptors (Lipinski definition) is 3. The maximum atomic E-state index is 10.5. The van der Waals surface area contributed by atoms with E-state index >= 15 is 0 Å². The van der Waals surface area contributed by atoms with Crippen molar-refractivity contribution in [1.82, 2.24) is 3.53 Å². The Bertz CT molecular complexity index is 134. The molecule has 0 aromatic rings. The number of hydrogen-bond donors (Lipinski definition) is 3. The Morgan fingerprint density at radius 1 is 1.80 bits per heavy atom. The molecule has 0 saturated carbocycles. The van der Waals surface area contributed by atoms with E-state index in [0.717, 1.165) is 0 Å². The van der Waals surface area contributed by atoms with E-state index in [9.17, 15) is 4.79 Å². The zero-order valence-electron chi connectivity index (χ0n) is 5.76. The number of aliphatic carboxylic acids is 1. The molecule has 3 nitrogen and oxygen atoms in total. The largest absolute Gasteiger partial charge is 0.480 e. The zero-order valence-corrected chi connectivity index (χ0v) is 8.81. The van der Waals surface area contributed by atoms with E-state index in [1.54, 1.807) is 13.8 Å². The summed E-state index contributed by atoms with van der Waals surface area (Å²) >= 11 is 5.93. The van der Waals surface area contributed by atoms with Crippen LogP contribution in [0.5, 0.6) is 0 Å². The molecule has 10 heavy (non-hydrogen) atoms. The lowest BCUT2D eigenvalue weighted by atomic mass is 10.1. The highest BCUT2D eigenvalue weighted by molar-refractivity contribution is 14.1. The van der Waals surface area contributed by atoms with Crippen LogP contribution in [-0.2, 0) is 4.79 Å². The summed E-state index contributed by atoms with van der Waals surface area (Å²) in [6.07, 6.45) is 0.